The standard InChI is InChI=1S/C12H19N3O2/c1-4-14-12(16)9(2)17-11-6-5-10(7-13-3)15-8-11/h5-6,8-9,13H,4,7H2,1-3H3,(H,14,16). The molecule has 0 spiro atoms. The molecule has 17 heavy (non-hydrogen) atoms. The van der Waals surface area contributed by atoms with Gasteiger partial charge in [-0.3, -0.25) is 9.78 Å². The molecular formula is C12H19N3O2. The van der Waals surface area contributed by atoms with Crippen molar-refractivity contribution in [3.63, 3.8) is 0 Å². The van der Waals surface area contributed by atoms with E-state index in [2.05, 4.69) is 15.6 Å². The Morgan fingerprint density at radius 3 is 2.82 bits per heavy atom. The number of nitrogens with one attached hydrogen (secondary N) is 2. The van der Waals surface area contributed by atoms with Crippen LogP contribution >= 0.6 is 0 Å². The number of likely N-dealkylation sites (N-methyl/N-ethyl adjacent to an activating group) is 1. The summed E-state index contributed by atoms with van der Waals surface area (Å²) >= 11 is 0. The molecule has 0 aliphatic carbocycles. The summed E-state index contributed by atoms with van der Waals surface area (Å²) in [7, 11) is 1.86. The molecule has 0 aromatic carbocycles. The molecule has 5 nitrogen and oxygen atoms in total. The molecular weight excluding hydrogens is 218 g/mol. The molecule has 0 aliphatic heterocycles. The molecule has 0 saturated heterocycles. The number of carbonyl (C=O) groups excluding carboxylic acids is 1. The molecule has 1 atom stereocenters. The molecule has 1 amide bonds. The average Bonchev–Trinajstić information content (AvgIpc) is 2.32. The Balaban J connectivity index is 2.53. The van der Waals surface area contributed by atoms with Gasteiger partial charge < -0.3 is 15.4 Å². The highest BCUT2D eigenvalue weighted by atomic mass is 16.5. The van der Waals surface area contributed by atoms with Gasteiger partial charge in [-0.05, 0) is 33.0 Å². The van der Waals surface area contributed by atoms with Gasteiger partial charge in [0.15, 0.2) is 6.10 Å². The van der Waals surface area contributed by atoms with Crippen LogP contribution in [0.4, 0.5) is 0 Å². The fourth-order valence-electron chi connectivity index (χ4n) is 1.34. The number of hydrogen-bond donors (Lipinski definition) is 2. The summed E-state index contributed by atoms with van der Waals surface area (Å²) in [6, 6.07) is 3.69. The number of carbonyl (C=O) groups is 1. The van der Waals surface area contributed by atoms with Crippen LogP contribution in [0.2, 0.25) is 0 Å². The van der Waals surface area contributed by atoms with Crippen molar-refractivity contribution < 1.29 is 9.53 Å². The molecule has 94 valence electrons. The first-order valence-electron chi connectivity index (χ1n) is 5.71. The highest BCUT2D eigenvalue weighted by Crippen LogP contribution is 2.11. The van der Waals surface area contributed by atoms with Gasteiger partial charge in [0.1, 0.15) is 5.75 Å². The van der Waals surface area contributed by atoms with Crippen molar-refractivity contribution >= 4 is 5.91 Å². The van der Waals surface area contributed by atoms with Gasteiger partial charge in [-0.25, -0.2) is 0 Å². The van der Waals surface area contributed by atoms with Crippen LogP contribution in [0.1, 0.15) is 19.5 Å². The first kappa shape index (κ1) is 13.4. The number of nitrogens with zero attached hydrogens (tertiary/aromatic N) is 1. The van der Waals surface area contributed by atoms with Gasteiger partial charge in [0.2, 0.25) is 0 Å². The summed E-state index contributed by atoms with van der Waals surface area (Å²) in [5, 5.41) is 5.71. The van der Waals surface area contributed by atoms with Crippen molar-refractivity contribution in [3.8, 4) is 5.75 Å². The van der Waals surface area contributed by atoms with E-state index in [9.17, 15) is 4.79 Å². The number of ether oxygens (including phenoxy) is 1. The number of aromatic nitrogens is 1. The monoisotopic (exact) mass is 237 g/mol. The molecule has 1 unspecified atom stereocenters. The Hall–Kier alpha value is -1.62. The van der Waals surface area contributed by atoms with Crippen LogP contribution in [-0.2, 0) is 11.3 Å². The van der Waals surface area contributed by atoms with Gasteiger partial charge in [0.05, 0.1) is 11.9 Å². The molecule has 0 aliphatic rings. The zero-order chi connectivity index (χ0) is 12.7. The summed E-state index contributed by atoms with van der Waals surface area (Å²) in [6.45, 7) is 4.91. The quantitative estimate of drug-likeness (QED) is 0.764. The van der Waals surface area contributed by atoms with Gasteiger partial charge >= 0.3 is 0 Å². The number of amides is 1. The van der Waals surface area contributed by atoms with Gasteiger partial charge in [-0.15, -0.1) is 0 Å². The van der Waals surface area contributed by atoms with E-state index in [0.717, 1.165) is 5.69 Å². The topological polar surface area (TPSA) is 63.2 Å². The summed E-state index contributed by atoms with van der Waals surface area (Å²) in [5.41, 5.74) is 0.936. The third kappa shape index (κ3) is 4.40. The molecule has 0 bridgehead atoms. The fraction of sp³-hybridized carbons (Fsp3) is 0.500. The summed E-state index contributed by atoms with van der Waals surface area (Å²) < 4.78 is 5.47. The van der Waals surface area contributed by atoms with Crippen LogP contribution in [0.5, 0.6) is 5.75 Å². The second-order valence-electron chi connectivity index (χ2n) is 3.67. The van der Waals surface area contributed by atoms with Gasteiger partial charge in [-0.2, -0.15) is 0 Å². The van der Waals surface area contributed by atoms with Crippen LogP contribution in [0.15, 0.2) is 18.3 Å². The zero-order valence-corrected chi connectivity index (χ0v) is 10.5. The van der Waals surface area contributed by atoms with E-state index in [1.54, 1.807) is 13.1 Å². The van der Waals surface area contributed by atoms with Crippen molar-refractivity contribution in [1.82, 2.24) is 15.6 Å². The Labute approximate surface area is 102 Å². The molecule has 5 heteroatoms. The molecule has 1 aromatic heterocycles. The lowest BCUT2D eigenvalue weighted by Gasteiger charge is -2.13. The second kappa shape index (κ2) is 6.85. The second-order valence-corrected chi connectivity index (χ2v) is 3.67. The maximum atomic E-state index is 11.5. The van der Waals surface area contributed by atoms with Gasteiger partial charge in [0, 0.05) is 13.1 Å². The van der Waals surface area contributed by atoms with Crippen molar-refractivity contribution in [2.75, 3.05) is 13.6 Å². The average molecular weight is 237 g/mol. The minimum atomic E-state index is -0.507. The van der Waals surface area contributed by atoms with E-state index in [-0.39, 0.29) is 5.91 Å². The van der Waals surface area contributed by atoms with Crippen LogP contribution < -0.4 is 15.4 Å². The maximum Gasteiger partial charge on any atom is 0.260 e. The molecule has 1 aromatic rings. The molecule has 1 heterocycles. The summed E-state index contributed by atoms with van der Waals surface area (Å²) in [6.07, 6.45) is 1.12. The third-order valence-corrected chi connectivity index (χ3v) is 2.19. The summed E-state index contributed by atoms with van der Waals surface area (Å²) in [4.78, 5) is 15.7. The predicted octanol–water partition coefficient (Wildman–Crippen LogP) is 0.704. The summed E-state index contributed by atoms with van der Waals surface area (Å²) in [5.74, 6) is 0.482. The fourth-order valence-corrected chi connectivity index (χ4v) is 1.34. The Morgan fingerprint density at radius 1 is 1.53 bits per heavy atom. The van der Waals surface area contributed by atoms with Gasteiger partial charge in [0.25, 0.3) is 5.91 Å². The minimum Gasteiger partial charge on any atom is -0.479 e. The van der Waals surface area contributed by atoms with Crippen LogP contribution in [0.3, 0.4) is 0 Å². The number of hydrogen-bond acceptors (Lipinski definition) is 4. The first-order valence-corrected chi connectivity index (χ1v) is 5.71. The van der Waals surface area contributed by atoms with E-state index >= 15 is 0 Å². The van der Waals surface area contributed by atoms with E-state index in [0.29, 0.717) is 18.8 Å². The third-order valence-electron chi connectivity index (χ3n) is 2.19. The van der Waals surface area contributed by atoms with Crippen LogP contribution in [-0.4, -0.2) is 30.6 Å². The molecule has 2 N–H and O–H groups in total. The Bertz CT molecular complexity index is 351. The Morgan fingerprint density at radius 2 is 2.29 bits per heavy atom. The van der Waals surface area contributed by atoms with Crippen LogP contribution in [0.25, 0.3) is 0 Å². The van der Waals surface area contributed by atoms with E-state index in [4.69, 9.17) is 4.74 Å². The Kier molecular flexibility index (Phi) is 5.42. The number of pyridine rings is 1. The highest BCUT2D eigenvalue weighted by Gasteiger charge is 2.13. The SMILES string of the molecule is CCNC(=O)C(C)Oc1ccc(CNC)nc1. The van der Waals surface area contributed by atoms with Crippen molar-refractivity contribution in [2.24, 2.45) is 0 Å². The van der Waals surface area contributed by atoms with Crippen LogP contribution in [0, 0.1) is 0 Å². The van der Waals surface area contributed by atoms with E-state index in [1.807, 2.05) is 26.1 Å². The van der Waals surface area contributed by atoms with Gasteiger partial charge in [-0.1, -0.05) is 0 Å². The zero-order valence-electron chi connectivity index (χ0n) is 10.5. The van der Waals surface area contributed by atoms with Crippen molar-refractivity contribution in [1.29, 1.82) is 0 Å². The normalized spacial score (nSPS) is 11.9. The molecule has 0 fully saturated rings. The van der Waals surface area contributed by atoms with E-state index in [1.165, 1.54) is 0 Å². The predicted molar refractivity (Wildman–Crippen MR) is 65.8 cm³/mol. The lowest BCUT2D eigenvalue weighted by atomic mass is 10.3. The highest BCUT2D eigenvalue weighted by molar-refractivity contribution is 5.80. The molecule has 1 rings (SSSR count). The molecule has 0 radical (unpaired) electrons. The molecule has 0 saturated carbocycles. The smallest absolute Gasteiger partial charge is 0.260 e. The largest absolute Gasteiger partial charge is 0.479 e. The first-order chi connectivity index (χ1) is 8.17. The number of rotatable bonds is 6. The van der Waals surface area contributed by atoms with Crippen molar-refractivity contribution in [3.05, 3.63) is 24.0 Å². The lowest BCUT2D eigenvalue weighted by Crippen LogP contribution is -2.36. The van der Waals surface area contributed by atoms with E-state index < -0.39 is 6.10 Å². The van der Waals surface area contributed by atoms with Crippen molar-refractivity contribution in [2.45, 2.75) is 26.5 Å². The minimum absolute atomic E-state index is 0.119. The maximum absolute atomic E-state index is 11.5. The lowest BCUT2D eigenvalue weighted by molar-refractivity contribution is -0.127.